The van der Waals surface area contributed by atoms with Gasteiger partial charge < -0.3 is 0 Å². The molecule has 0 amide bonds. The Labute approximate surface area is 67.6 Å². The number of hydrogen-bond donors (Lipinski definition) is 0. The molecule has 2 aliphatic carbocycles. The SMILES string of the molecule is CN(C)C12CCC(CC1=O)C2. The molecule has 2 nitrogen and oxygen atoms in total. The monoisotopic (exact) mass is 153 g/mol. The van der Waals surface area contributed by atoms with Crippen LogP contribution in [0.1, 0.15) is 25.7 Å². The van der Waals surface area contributed by atoms with Gasteiger partial charge >= 0.3 is 0 Å². The molecule has 2 aliphatic rings. The maximum Gasteiger partial charge on any atom is 0.153 e. The van der Waals surface area contributed by atoms with E-state index in [1.54, 1.807) is 0 Å². The molecule has 0 saturated heterocycles. The molecule has 62 valence electrons. The Balaban J connectivity index is 2.29. The molecule has 0 aromatic rings. The van der Waals surface area contributed by atoms with Crippen molar-refractivity contribution < 1.29 is 4.79 Å². The smallest absolute Gasteiger partial charge is 0.153 e. The van der Waals surface area contributed by atoms with Gasteiger partial charge in [-0.3, -0.25) is 9.69 Å². The van der Waals surface area contributed by atoms with Crippen LogP contribution in [0.4, 0.5) is 0 Å². The van der Waals surface area contributed by atoms with E-state index in [-0.39, 0.29) is 5.54 Å². The van der Waals surface area contributed by atoms with Crippen molar-refractivity contribution in [2.45, 2.75) is 31.2 Å². The number of ketones is 1. The number of hydrogen-bond acceptors (Lipinski definition) is 2. The predicted octanol–water partition coefficient (Wildman–Crippen LogP) is 1.06. The Hall–Kier alpha value is -0.370. The van der Waals surface area contributed by atoms with Crippen molar-refractivity contribution in [3.8, 4) is 0 Å². The van der Waals surface area contributed by atoms with E-state index >= 15 is 0 Å². The molecule has 2 saturated carbocycles. The first kappa shape index (κ1) is 7.29. The molecule has 2 atom stereocenters. The highest BCUT2D eigenvalue weighted by molar-refractivity contribution is 5.91. The van der Waals surface area contributed by atoms with Crippen molar-refractivity contribution in [3.63, 3.8) is 0 Å². The van der Waals surface area contributed by atoms with Gasteiger partial charge in [0.25, 0.3) is 0 Å². The predicted molar refractivity (Wildman–Crippen MR) is 43.4 cm³/mol. The van der Waals surface area contributed by atoms with Crippen LogP contribution in [0.15, 0.2) is 0 Å². The Morgan fingerprint density at radius 2 is 2.27 bits per heavy atom. The Kier molecular flexibility index (Phi) is 1.37. The van der Waals surface area contributed by atoms with Gasteiger partial charge in [0.2, 0.25) is 0 Å². The number of nitrogens with zero attached hydrogens (tertiary/aromatic N) is 1. The molecule has 0 aromatic heterocycles. The molecule has 0 aliphatic heterocycles. The van der Waals surface area contributed by atoms with Crippen LogP contribution in [0.5, 0.6) is 0 Å². The zero-order valence-electron chi connectivity index (χ0n) is 7.26. The highest BCUT2D eigenvalue weighted by Gasteiger charge is 2.52. The minimum absolute atomic E-state index is 0.0370. The largest absolute Gasteiger partial charge is 0.298 e. The topological polar surface area (TPSA) is 20.3 Å². The van der Waals surface area contributed by atoms with E-state index in [2.05, 4.69) is 4.90 Å². The lowest BCUT2D eigenvalue weighted by Gasteiger charge is -2.32. The van der Waals surface area contributed by atoms with Gasteiger partial charge in [-0.05, 0) is 39.3 Å². The molecular formula is C9H15NO. The fraction of sp³-hybridized carbons (Fsp3) is 0.889. The summed E-state index contributed by atoms with van der Waals surface area (Å²) in [6, 6.07) is 0. The fourth-order valence-electron chi connectivity index (χ4n) is 2.66. The molecule has 2 unspecified atom stereocenters. The molecule has 2 bridgehead atoms. The average molecular weight is 153 g/mol. The van der Waals surface area contributed by atoms with Gasteiger partial charge in [-0.15, -0.1) is 0 Å². The first-order valence-electron chi connectivity index (χ1n) is 4.36. The third kappa shape index (κ3) is 0.791. The summed E-state index contributed by atoms with van der Waals surface area (Å²) in [5.74, 6) is 1.20. The Morgan fingerprint density at radius 3 is 2.55 bits per heavy atom. The lowest BCUT2D eigenvalue weighted by Crippen LogP contribution is -2.46. The maximum absolute atomic E-state index is 11.6. The molecule has 0 N–H and O–H groups in total. The van der Waals surface area contributed by atoms with Gasteiger partial charge in [0.15, 0.2) is 5.78 Å². The van der Waals surface area contributed by atoms with Crippen molar-refractivity contribution >= 4 is 5.78 Å². The van der Waals surface area contributed by atoms with E-state index in [9.17, 15) is 4.79 Å². The normalized spacial score (nSPS) is 42.5. The van der Waals surface area contributed by atoms with Crippen LogP contribution in [0.25, 0.3) is 0 Å². The molecule has 2 rings (SSSR count). The first-order valence-corrected chi connectivity index (χ1v) is 4.36. The zero-order valence-corrected chi connectivity index (χ0v) is 7.26. The standard InChI is InChI=1S/C9H15NO/c1-10(2)9-4-3-7(6-9)5-8(9)11/h7H,3-6H2,1-2H3. The first-order chi connectivity index (χ1) is 5.15. The van der Waals surface area contributed by atoms with E-state index in [1.807, 2.05) is 14.1 Å². The fourth-order valence-corrected chi connectivity index (χ4v) is 2.66. The van der Waals surface area contributed by atoms with Gasteiger partial charge in [-0.25, -0.2) is 0 Å². The van der Waals surface area contributed by atoms with Crippen LogP contribution < -0.4 is 0 Å². The Morgan fingerprint density at radius 1 is 1.55 bits per heavy atom. The van der Waals surface area contributed by atoms with Crippen molar-refractivity contribution in [1.82, 2.24) is 4.90 Å². The summed E-state index contributed by atoms with van der Waals surface area (Å²) >= 11 is 0. The summed E-state index contributed by atoms with van der Waals surface area (Å²) in [5.41, 5.74) is -0.0370. The van der Waals surface area contributed by atoms with E-state index in [0.717, 1.165) is 19.3 Å². The third-order valence-corrected chi connectivity index (χ3v) is 3.44. The van der Waals surface area contributed by atoms with Crippen molar-refractivity contribution in [2.24, 2.45) is 5.92 Å². The molecule has 0 aromatic carbocycles. The minimum atomic E-state index is -0.0370. The van der Waals surface area contributed by atoms with Gasteiger partial charge in [0, 0.05) is 6.42 Å². The molecular weight excluding hydrogens is 138 g/mol. The molecule has 0 radical (unpaired) electrons. The van der Waals surface area contributed by atoms with Gasteiger partial charge in [-0.2, -0.15) is 0 Å². The van der Waals surface area contributed by atoms with E-state index in [1.165, 1.54) is 6.42 Å². The summed E-state index contributed by atoms with van der Waals surface area (Å²) in [4.78, 5) is 13.7. The van der Waals surface area contributed by atoms with Crippen molar-refractivity contribution in [2.75, 3.05) is 14.1 Å². The number of Topliss-reactive ketones (excluding diaryl/α,β-unsaturated/α-hetero) is 1. The molecule has 2 heteroatoms. The number of likely N-dealkylation sites (N-methyl/N-ethyl adjacent to an activating group) is 1. The number of carbonyl (C=O) groups is 1. The summed E-state index contributed by atoms with van der Waals surface area (Å²) in [6.07, 6.45) is 4.34. The van der Waals surface area contributed by atoms with Crippen LogP contribution in [-0.2, 0) is 4.79 Å². The Bertz CT molecular complexity index is 200. The molecule has 0 heterocycles. The van der Waals surface area contributed by atoms with Gasteiger partial charge in [0.05, 0.1) is 5.54 Å². The van der Waals surface area contributed by atoms with Gasteiger partial charge in [-0.1, -0.05) is 0 Å². The zero-order chi connectivity index (χ0) is 8.06. The highest BCUT2D eigenvalue weighted by Crippen LogP contribution is 2.47. The quantitative estimate of drug-likeness (QED) is 0.561. The number of fused-ring (bicyclic) bond motifs is 2. The van der Waals surface area contributed by atoms with Crippen LogP contribution in [0.3, 0.4) is 0 Å². The number of rotatable bonds is 1. The molecule has 11 heavy (non-hydrogen) atoms. The lowest BCUT2D eigenvalue weighted by atomic mass is 9.91. The number of carbonyl (C=O) groups excluding carboxylic acids is 1. The second-order valence-electron chi connectivity index (χ2n) is 4.16. The summed E-state index contributed by atoms with van der Waals surface area (Å²) < 4.78 is 0. The summed E-state index contributed by atoms with van der Waals surface area (Å²) in [5, 5.41) is 0. The van der Waals surface area contributed by atoms with Crippen LogP contribution in [0.2, 0.25) is 0 Å². The van der Waals surface area contributed by atoms with E-state index < -0.39 is 0 Å². The highest BCUT2D eigenvalue weighted by atomic mass is 16.1. The second kappa shape index (κ2) is 2.07. The van der Waals surface area contributed by atoms with Gasteiger partial charge in [0.1, 0.15) is 0 Å². The van der Waals surface area contributed by atoms with Crippen molar-refractivity contribution in [3.05, 3.63) is 0 Å². The third-order valence-electron chi connectivity index (χ3n) is 3.44. The van der Waals surface area contributed by atoms with Crippen LogP contribution in [-0.4, -0.2) is 30.3 Å². The van der Waals surface area contributed by atoms with Crippen molar-refractivity contribution in [1.29, 1.82) is 0 Å². The van der Waals surface area contributed by atoms with E-state index in [0.29, 0.717) is 11.7 Å². The van der Waals surface area contributed by atoms with E-state index in [4.69, 9.17) is 0 Å². The summed E-state index contributed by atoms with van der Waals surface area (Å²) in [6.45, 7) is 0. The second-order valence-corrected chi connectivity index (χ2v) is 4.16. The molecule has 2 fully saturated rings. The molecule has 0 spiro atoms. The summed E-state index contributed by atoms with van der Waals surface area (Å²) in [7, 11) is 4.07. The minimum Gasteiger partial charge on any atom is -0.298 e. The van der Waals surface area contributed by atoms with Crippen LogP contribution >= 0.6 is 0 Å². The average Bonchev–Trinajstić information content (AvgIpc) is 2.43. The maximum atomic E-state index is 11.6. The van der Waals surface area contributed by atoms with Crippen LogP contribution in [0, 0.1) is 5.92 Å². The lowest BCUT2D eigenvalue weighted by molar-refractivity contribution is -0.127.